The number of fused-ring (bicyclic) bond motifs is 1. The van der Waals surface area contributed by atoms with E-state index in [-0.39, 0.29) is 30.8 Å². The minimum absolute atomic E-state index is 0.0358. The first kappa shape index (κ1) is 28.2. The lowest BCUT2D eigenvalue weighted by Crippen LogP contribution is -2.35. The van der Waals surface area contributed by atoms with Crippen molar-refractivity contribution in [3.8, 4) is 11.4 Å². The highest BCUT2D eigenvalue weighted by Gasteiger charge is 2.34. The van der Waals surface area contributed by atoms with Gasteiger partial charge in [0.2, 0.25) is 5.95 Å². The largest absolute Gasteiger partial charge is 0.441 e. The molecule has 14 heteroatoms. The van der Waals surface area contributed by atoms with Gasteiger partial charge in [-0.1, -0.05) is 32.9 Å². The van der Waals surface area contributed by atoms with E-state index < -0.39 is 24.7 Å². The van der Waals surface area contributed by atoms with Crippen LogP contribution in [0.15, 0.2) is 47.6 Å². The van der Waals surface area contributed by atoms with Gasteiger partial charge in [0.15, 0.2) is 5.82 Å². The first-order valence-corrected chi connectivity index (χ1v) is 13.0. The summed E-state index contributed by atoms with van der Waals surface area (Å²) in [4.78, 5) is 31.6. The van der Waals surface area contributed by atoms with Crippen molar-refractivity contribution < 1.29 is 22.4 Å². The van der Waals surface area contributed by atoms with E-state index in [1.165, 1.54) is 17.5 Å². The Morgan fingerprint density at radius 1 is 1.17 bits per heavy atom. The number of rotatable bonds is 6. The maximum atomic E-state index is 13.4. The molecule has 4 aromatic rings. The standard InChI is InChI=1S/C27H30F3N9O2/c1-26(2,3)21-13-41-24(36-21)23(40)35-20-7-8-39(14-27(28,29)30)11-17-9-16(5-6-19(17)20)22-31-15-32-25(37-22)34-18-10-33-38(4)12-18/h5-6,9-10,12-13,15,20H,7-8,11,14H2,1-4H3,(H,35,40)(H,31,32,34,37)/t20-/m0/s1. The number of alkyl halides is 3. The summed E-state index contributed by atoms with van der Waals surface area (Å²) in [5, 5.41) is 10.1. The molecule has 0 bridgehead atoms. The number of aromatic nitrogens is 6. The molecule has 0 saturated carbocycles. The molecule has 0 fully saturated rings. The number of nitrogens with zero attached hydrogens (tertiary/aromatic N) is 7. The molecule has 0 aliphatic carbocycles. The quantitative estimate of drug-likeness (QED) is 0.344. The normalized spacial score (nSPS) is 16.2. The van der Waals surface area contributed by atoms with Crippen molar-refractivity contribution >= 4 is 17.5 Å². The number of aryl methyl sites for hydroxylation is 1. The van der Waals surface area contributed by atoms with Gasteiger partial charge in [-0.15, -0.1) is 0 Å². The van der Waals surface area contributed by atoms with Crippen LogP contribution in [0.25, 0.3) is 11.4 Å². The predicted molar refractivity (Wildman–Crippen MR) is 143 cm³/mol. The average Bonchev–Trinajstić information content (AvgIpc) is 3.52. The first-order chi connectivity index (χ1) is 19.3. The third-order valence-corrected chi connectivity index (χ3v) is 6.61. The summed E-state index contributed by atoms with van der Waals surface area (Å²) in [6, 6.07) is 4.77. The second kappa shape index (κ2) is 10.9. The van der Waals surface area contributed by atoms with Gasteiger partial charge >= 0.3 is 12.1 Å². The molecule has 1 aromatic carbocycles. The molecule has 4 heterocycles. The molecule has 0 spiro atoms. The van der Waals surface area contributed by atoms with E-state index in [9.17, 15) is 18.0 Å². The summed E-state index contributed by atoms with van der Waals surface area (Å²) in [5.74, 6) is 0.00921. The van der Waals surface area contributed by atoms with Crippen LogP contribution in [0.4, 0.5) is 24.8 Å². The summed E-state index contributed by atoms with van der Waals surface area (Å²) in [7, 11) is 1.78. The summed E-state index contributed by atoms with van der Waals surface area (Å²) in [6.07, 6.45) is 2.08. The molecule has 1 aliphatic heterocycles. The molecule has 41 heavy (non-hydrogen) atoms. The van der Waals surface area contributed by atoms with Crippen LogP contribution in [0.3, 0.4) is 0 Å². The third kappa shape index (κ3) is 6.88. The smallest absolute Gasteiger partial charge is 0.401 e. The molecular formula is C27H30F3N9O2. The Balaban J connectivity index is 1.43. The van der Waals surface area contributed by atoms with Crippen molar-refractivity contribution in [2.24, 2.45) is 7.05 Å². The van der Waals surface area contributed by atoms with Crippen LogP contribution in [-0.2, 0) is 19.0 Å². The van der Waals surface area contributed by atoms with E-state index in [2.05, 4.69) is 35.7 Å². The van der Waals surface area contributed by atoms with Crippen molar-refractivity contribution in [2.45, 2.75) is 51.4 Å². The highest BCUT2D eigenvalue weighted by molar-refractivity contribution is 5.90. The molecule has 216 valence electrons. The highest BCUT2D eigenvalue weighted by atomic mass is 19.4. The SMILES string of the molecule is Cn1cc(Nc2ncnc(-c3ccc4c(c3)CN(CC(F)(F)F)CC[C@@H]4NC(=O)c3nc(C(C)(C)C)co3)n2)cn1. The minimum atomic E-state index is -4.37. The van der Waals surface area contributed by atoms with Gasteiger partial charge in [-0.2, -0.15) is 23.3 Å². The molecule has 1 aliphatic rings. The summed E-state index contributed by atoms with van der Waals surface area (Å²) in [5.41, 5.74) is 2.93. The number of amides is 1. The van der Waals surface area contributed by atoms with E-state index in [0.717, 1.165) is 0 Å². The van der Waals surface area contributed by atoms with Gasteiger partial charge in [0.25, 0.3) is 5.89 Å². The van der Waals surface area contributed by atoms with E-state index in [0.29, 0.717) is 39.8 Å². The molecule has 11 nitrogen and oxygen atoms in total. The Hall–Kier alpha value is -4.33. The molecule has 0 radical (unpaired) electrons. The van der Waals surface area contributed by atoms with Crippen LogP contribution in [0.1, 0.15) is 60.7 Å². The zero-order chi connectivity index (χ0) is 29.4. The molecule has 0 saturated heterocycles. The Morgan fingerprint density at radius 3 is 2.66 bits per heavy atom. The van der Waals surface area contributed by atoms with Gasteiger partial charge in [-0.25, -0.2) is 15.0 Å². The number of oxazole rings is 1. The van der Waals surface area contributed by atoms with Crippen molar-refractivity contribution in [1.82, 2.24) is 39.9 Å². The molecule has 3 aromatic heterocycles. The zero-order valence-corrected chi connectivity index (χ0v) is 23.0. The molecular weight excluding hydrogens is 539 g/mol. The average molecular weight is 570 g/mol. The molecule has 2 N–H and O–H groups in total. The summed E-state index contributed by atoms with van der Waals surface area (Å²) in [6.45, 7) is 4.94. The highest BCUT2D eigenvalue weighted by Crippen LogP contribution is 2.32. The van der Waals surface area contributed by atoms with Gasteiger partial charge < -0.3 is 15.1 Å². The van der Waals surface area contributed by atoms with E-state index in [1.54, 1.807) is 42.3 Å². The maximum Gasteiger partial charge on any atom is 0.401 e. The summed E-state index contributed by atoms with van der Waals surface area (Å²) >= 11 is 0. The molecule has 1 atom stereocenters. The van der Waals surface area contributed by atoms with E-state index in [1.807, 2.05) is 20.8 Å². The third-order valence-electron chi connectivity index (χ3n) is 6.61. The number of nitrogens with one attached hydrogen (secondary N) is 2. The van der Waals surface area contributed by atoms with Gasteiger partial charge in [0.1, 0.15) is 12.6 Å². The van der Waals surface area contributed by atoms with Crippen LogP contribution < -0.4 is 10.6 Å². The molecule has 1 amide bonds. The number of hydrogen-bond acceptors (Lipinski definition) is 9. The van der Waals surface area contributed by atoms with E-state index in [4.69, 9.17) is 4.42 Å². The lowest BCUT2D eigenvalue weighted by molar-refractivity contribution is -0.147. The van der Waals surface area contributed by atoms with Gasteiger partial charge in [0.05, 0.1) is 30.2 Å². The monoisotopic (exact) mass is 569 g/mol. The summed E-state index contributed by atoms with van der Waals surface area (Å²) < 4.78 is 47.2. The lowest BCUT2D eigenvalue weighted by atomic mass is 9.93. The molecule has 5 rings (SSSR count). The predicted octanol–water partition coefficient (Wildman–Crippen LogP) is 4.54. The second-order valence-electron chi connectivity index (χ2n) is 11.0. The number of anilines is 2. The van der Waals surface area contributed by atoms with Crippen LogP contribution in [0.5, 0.6) is 0 Å². The topological polar surface area (TPSA) is 127 Å². The lowest BCUT2D eigenvalue weighted by Gasteiger charge is -2.22. The van der Waals surface area contributed by atoms with Crippen LogP contribution >= 0.6 is 0 Å². The fourth-order valence-corrected chi connectivity index (χ4v) is 4.60. The fourth-order valence-electron chi connectivity index (χ4n) is 4.60. The Kier molecular flexibility index (Phi) is 7.51. The van der Waals surface area contributed by atoms with Crippen LogP contribution in [-0.4, -0.2) is 59.8 Å². The second-order valence-corrected chi connectivity index (χ2v) is 11.0. The van der Waals surface area contributed by atoms with Gasteiger partial charge in [-0.05, 0) is 23.6 Å². The number of hydrogen-bond donors (Lipinski definition) is 2. The number of carbonyl (C=O) groups is 1. The van der Waals surface area contributed by atoms with Crippen LogP contribution in [0, 0.1) is 0 Å². The Morgan fingerprint density at radius 2 is 1.98 bits per heavy atom. The van der Waals surface area contributed by atoms with Gasteiger partial charge in [-0.3, -0.25) is 14.4 Å². The number of benzene rings is 1. The first-order valence-electron chi connectivity index (χ1n) is 13.0. The Labute approximate surface area is 234 Å². The Bertz CT molecular complexity index is 1540. The van der Waals surface area contributed by atoms with E-state index >= 15 is 0 Å². The maximum absolute atomic E-state index is 13.4. The van der Waals surface area contributed by atoms with Crippen molar-refractivity contribution in [2.75, 3.05) is 18.4 Å². The van der Waals surface area contributed by atoms with Crippen molar-refractivity contribution in [1.29, 1.82) is 0 Å². The van der Waals surface area contributed by atoms with Crippen molar-refractivity contribution in [3.05, 3.63) is 65.9 Å². The van der Waals surface area contributed by atoms with Crippen molar-refractivity contribution in [3.63, 3.8) is 0 Å². The zero-order valence-electron chi connectivity index (χ0n) is 23.0. The molecule has 0 unspecified atom stereocenters. The van der Waals surface area contributed by atoms with Crippen LogP contribution in [0.2, 0.25) is 0 Å². The fraction of sp³-hybridized carbons (Fsp3) is 0.407. The number of carbonyl (C=O) groups excluding carboxylic acids is 1. The number of halogens is 3. The van der Waals surface area contributed by atoms with Gasteiger partial charge in [0, 0.05) is 37.3 Å². The minimum Gasteiger partial charge on any atom is -0.441 e.